The van der Waals surface area contributed by atoms with Crippen LogP contribution < -0.4 is 25.2 Å². The average molecular weight is 404 g/mol. The first-order valence-electron chi connectivity index (χ1n) is 8.30. The van der Waals surface area contributed by atoms with Gasteiger partial charge in [0.1, 0.15) is 22.8 Å². The first-order valence-corrected chi connectivity index (χ1v) is 8.67. The number of anilines is 1. The topological polar surface area (TPSA) is 87.0 Å². The number of nitrogens with one attached hydrogen (secondary N) is 1. The maximum atomic E-state index is 12.3. The number of methoxy groups -OCH3 is 2. The van der Waals surface area contributed by atoms with Gasteiger partial charge < -0.3 is 23.9 Å². The molecule has 0 atom stereocenters. The third-order valence-electron chi connectivity index (χ3n) is 4.04. The van der Waals surface area contributed by atoms with Gasteiger partial charge in [0.2, 0.25) is 0 Å². The lowest BCUT2D eigenvalue weighted by Crippen LogP contribution is -2.20. The van der Waals surface area contributed by atoms with E-state index in [2.05, 4.69) is 5.32 Å². The first kappa shape index (κ1) is 19.6. The van der Waals surface area contributed by atoms with Crippen LogP contribution in [0.2, 0.25) is 5.02 Å². The summed E-state index contributed by atoms with van der Waals surface area (Å²) in [6.45, 7) is 1.56. The van der Waals surface area contributed by atoms with Crippen molar-refractivity contribution in [2.24, 2.45) is 0 Å². The molecule has 0 fully saturated rings. The fraction of sp³-hybridized carbons (Fsp3) is 0.200. The molecule has 1 N–H and O–H groups in total. The zero-order chi connectivity index (χ0) is 20.3. The van der Waals surface area contributed by atoms with Crippen LogP contribution in [0.25, 0.3) is 11.0 Å². The van der Waals surface area contributed by atoms with E-state index >= 15 is 0 Å². The maximum Gasteiger partial charge on any atom is 0.336 e. The summed E-state index contributed by atoms with van der Waals surface area (Å²) in [6.07, 6.45) is 0. The molecule has 3 aromatic rings. The summed E-state index contributed by atoms with van der Waals surface area (Å²) >= 11 is 6.10. The Kier molecular flexibility index (Phi) is 5.75. The standard InChI is InChI=1S/C20H18ClNO6/c1-11-6-20(24)28-16-7-12(4-5-13(11)16)27-10-19(23)22-15-8-14(21)17(25-2)9-18(15)26-3/h4-9H,10H2,1-3H3,(H,22,23). The smallest absolute Gasteiger partial charge is 0.336 e. The monoisotopic (exact) mass is 403 g/mol. The Balaban J connectivity index is 1.72. The molecule has 0 aliphatic carbocycles. The van der Waals surface area contributed by atoms with Gasteiger partial charge in [-0.3, -0.25) is 4.79 Å². The van der Waals surface area contributed by atoms with Gasteiger partial charge in [-0.05, 0) is 30.7 Å². The third-order valence-corrected chi connectivity index (χ3v) is 4.34. The highest BCUT2D eigenvalue weighted by Gasteiger charge is 2.13. The number of benzene rings is 2. The summed E-state index contributed by atoms with van der Waals surface area (Å²) < 4.78 is 21.0. The minimum atomic E-state index is -0.441. The number of hydrogen-bond donors (Lipinski definition) is 1. The van der Waals surface area contributed by atoms with Crippen molar-refractivity contribution in [1.82, 2.24) is 0 Å². The van der Waals surface area contributed by atoms with E-state index in [1.54, 1.807) is 24.3 Å². The zero-order valence-electron chi connectivity index (χ0n) is 15.5. The molecule has 0 aliphatic rings. The number of carbonyl (C=O) groups is 1. The molecule has 1 heterocycles. The van der Waals surface area contributed by atoms with Crippen molar-refractivity contribution < 1.29 is 23.4 Å². The number of ether oxygens (including phenoxy) is 3. The highest BCUT2D eigenvalue weighted by molar-refractivity contribution is 6.32. The van der Waals surface area contributed by atoms with E-state index in [9.17, 15) is 9.59 Å². The maximum absolute atomic E-state index is 12.3. The van der Waals surface area contributed by atoms with Crippen molar-refractivity contribution in [2.45, 2.75) is 6.92 Å². The van der Waals surface area contributed by atoms with Gasteiger partial charge >= 0.3 is 5.63 Å². The lowest BCUT2D eigenvalue weighted by atomic mass is 10.1. The van der Waals surface area contributed by atoms with E-state index in [-0.39, 0.29) is 6.61 Å². The van der Waals surface area contributed by atoms with E-state index < -0.39 is 11.5 Å². The van der Waals surface area contributed by atoms with Crippen molar-refractivity contribution in [3.05, 3.63) is 57.4 Å². The van der Waals surface area contributed by atoms with Gasteiger partial charge in [0, 0.05) is 23.6 Å². The van der Waals surface area contributed by atoms with E-state index in [4.69, 9.17) is 30.2 Å². The molecular formula is C20H18ClNO6. The highest BCUT2D eigenvalue weighted by atomic mass is 35.5. The third kappa shape index (κ3) is 4.20. The molecule has 146 valence electrons. The van der Waals surface area contributed by atoms with Gasteiger partial charge in [-0.2, -0.15) is 0 Å². The lowest BCUT2D eigenvalue weighted by Gasteiger charge is -2.13. The largest absolute Gasteiger partial charge is 0.495 e. The Morgan fingerprint density at radius 3 is 2.57 bits per heavy atom. The second kappa shape index (κ2) is 8.22. The van der Waals surface area contributed by atoms with Crippen molar-refractivity contribution in [2.75, 3.05) is 26.1 Å². The van der Waals surface area contributed by atoms with Gasteiger partial charge in [0.05, 0.1) is 24.9 Å². The van der Waals surface area contributed by atoms with Crippen molar-refractivity contribution >= 4 is 34.2 Å². The minimum absolute atomic E-state index is 0.256. The van der Waals surface area contributed by atoms with Crippen LogP contribution in [0.4, 0.5) is 5.69 Å². The van der Waals surface area contributed by atoms with Crippen LogP contribution in [0.5, 0.6) is 17.2 Å². The molecule has 0 saturated carbocycles. The number of aryl methyl sites for hydroxylation is 1. The minimum Gasteiger partial charge on any atom is -0.495 e. The molecule has 2 aromatic carbocycles. The molecule has 1 amide bonds. The number of fused-ring (bicyclic) bond motifs is 1. The van der Waals surface area contributed by atoms with Crippen LogP contribution >= 0.6 is 11.6 Å². The predicted molar refractivity (Wildman–Crippen MR) is 106 cm³/mol. The number of halogens is 1. The summed E-state index contributed by atoms with van der Waals surface area (Å²) in [5, 5.41) is 3.81. The molecule has 0 aliphatic heterocycles. The van der Waals surface area contributed by atoms with E-state index in [1.165, 1.54) is 26.4 Å². The molecule has 0 saturated heterocycles. The van der Waals surface area contributed by atoms with Crippen molar-refractivity contribution in [3.8, 4) is 17.2 Å². The van der Waals surface area contributed by atoms with Crippen LogP contribution in [0.15, 0.2) is 45.6 Å². The number of carbonyl (C=O) groups excluding carboxylic acids is 1. The Morgan fingerprint density at radius 2 is 1.86 bits per heavy atom. The summed E-state index contributed by atoms with van der Waals surface area (Å²) in [5.41, 5.74) is 1.15. The van der Waals surface area contributed by atoms with Crippen LogP contribution in [-0.2, 0) is 4.79 Å². The second-order valence-electron chi connectivity index (χ2n) is 5.93. The first-order chi connectivity index (χ1) is 13.4. The molecule has 0 radical (unpaired) electrons. The van der Waals surface area contributed by atoms with Gasteiger partial charge in [0.25, 0.3) is 5.91 Å². The van der Waals surface area contributed by atoms with E-state index in [0.29, 0.717) is 33.5 Å². The van der Waals surface area contributed by atoms with Crippen molar-refractivity contribution in [1.29, 1.82) is 0 Å². The van der Waals surface area contributed by atoms with E-state index in [1.807, 2.05) is 6.92 Å². The summed E-state index contributed by atoms with van der Waals surface area (Å²) in [5.74, 6) is 0.819. The quantitative estimate of drug-likeness (QED) is 0.630. The molecule has 1 aromatic heterocycles. The lowest BCUT2D eigenvalue weighted by molar-refractivity contribution is -0.118. The van der Waals surface area contributed by atoms with E-state index in [0.717, 1.165) is 10.9 Å². The fourth-order valence-corrected chi connectivity index (χ4v) is 2.93. The number of amides is 1. The van der Waals surface area contributed by atoms with Gasteiger partial charge in [-0.25, -0.2) is 4.79 Å². The molecule has 28 heavy (non-hydrogen) atoms. The van der Waals surface area contributed by atoms with Gasteiger partial charge in [-0.15, -0.1) is 0 Å². The predicted octanol–water partition coefficient (Wildman–Crippen LogP) is 3.79. The van der Waals surface area contributed by atoms with Gasteiger partial charge in [-0.1, -0.05) is 11.6 Å². The Hall–Kier alpha value is -3.19. The van der Waals surface area contributed by atoms with Crippen LogP contribution in [0, 0.1) is 6.92 Å². The summed E-state index contributed by atoms with van der Waals surface area (Å²) in [7, 11) is 2.96. The molecule has 0 bridgehead atoms. The van der Waals surface area contributed by atoms with Crippen molar-refractivity contribution in [3.63, 3.8) is 0 Å². The summed E-state index contributed by atoms with van der Waals surface area (Å²) in [6, 6.07) is 9.57. The highest BCUT2D eigenvalue weighted by Crippen LogP contribution is 2.35. The molecule has 8 heteroatoms. The molecular weight excluding hydrogens is 386 g/mol. The second-order valence-corrected chi connectivity index (χ2v) is 6.34. The SMILES string of the molecule is COc1cc(OC)c(NC(=O)COc2ccc3c(C)cc(=O)oc3c2)cc1Cl. The number of hydrogen-bond acceptors (Lipinski definition) is 6. The molecule has 0 spiro atoms. The zero-order valence-corrected chi connectivity index (χ0v) is 16.3. The van der Waals surface area contributed by atoms with Gasteiger partial charge in [0.15, 0.2) is 6.61 Å². The molecule has 7 nitrogen and oxygen atoms in total. The van der Waals surface area contributed by atoms with Crippen LogP contribution in [0.1, 0.15) is 5.56 Å². The normalized spacial score (nSPS) is 10.6. The molecule has 0 unspecified atom stereocenters. The fourth-order valence-electron chi connectivity index (χ4n) is 2.69. The van der Waals surface area contributed by atoms with Crippen LogP contribution in [0.3, 0.4) is 0 Å². The Labute approximate surface area is 165 Å². The average Bonchev–Trinajstić information content (AvgIpc) is 2.66. The summed E-state index contributed by atoms with van der Waals surface area (Å²) in [4.78, 5) is 23.8. The number of rotatable bonds is 6. The Bertz CT molecular complexity index is 1090. The Morgan fingerprint density at radius 1 is 1.11 bits per heavy atom. The molecule has 3 rings (SSSR count). The van der Waals surface area contributed by atoms with Crippen LogP contribution in [-0.4, -0.2) is 26.7 Å².